The van der Waals surface area contributed by atoms with Crippen molar-refractivity contribution in [2.45, 2.75) is 6.42 Å². The maximum absolute atomic E-state index is 6.11. The topological polar surface area (TPSA) is 24.9 Å². The van der Waals surface area contributed by atoms with E-state index in [0.29, 0.717) is 21.6 Å². The van der Waals surface area contributed by atoms with Gasteiger partial charge in [-0.2, -0.15) is 0 Å². The first kappa shape index (κ1) is 14.9. The zero-order chi connectivity index (χ0) is 13.8. The molecule has 0 spiro atoms. The van der Waals surface area contributed by atoms with Gasteiger partial charge in [0.15, 0.2) is 0 Å². The highest BCUT2D eigenvalue weighted by atomic mass is 79.9. The summed E-state index contributed by atoms with van der Waals surface area (Å²) in [5.74, 6) is 0.759. The van der Waals surface area contributed by atoms with Crippen molar-refractivity contribution in [3.8, 4) is 0 Å². The second kappa shape index (κ2) is 6.80. The molecule has 6 heteroatoms. The van der Waals surface area contributed by atoms with E-state index in [2.05, 4.69) is 26.2 Å². The number of hydrogen-bond acceptors (Lipinski definition) is 2. The van der Waals surface area contributed by atoms with Gasteiger partial charge in [0.1, 0.15) is 5.82 Å². The minimum atomic E-state index is 0.596. The Bertz CT molecular complexity index is 539. The van der Waals surface area contributed by atoms with E-state index in [1.54, 1.807) is 18.3 Å². The quantitative estimate of drug-likeness (QED) is 0.762. The van der Waals surface area contributed by atoms with Gasteiger partial charge in [-0.3, -0.25) is 0 Å². The van der Waals surface area contributed by atoms with Gasteiger partial charge in [0.25, 0.3) is 0 Å². The smallest absolute Gasteiger partial charge is 0.140 e. The van der Waals surface area contributed by atoms with Crippen molar-refractivity contribution >= 4 is 56.6 Å². The van der Waals surface area contributed by atoms with E-state index < -0.39 is 0 Å². The van der Waals surface area contributed by atoms with E-state index in [4.69, 9.17) is 34.8 Å². The van der Waals surface area contributed by atoms with Crippen LogP contribution < -0.4 is 5.32 Å². The zero-order valence-electron chi connectivity index (χ0n) is 9.76. The molecule has 0 fully saturated rings. The molecule has 0 aliphatic rings. The van der Waals surface area contributed by atoms with Crippen LogP contribution in [0.4, 0.5) is 5.82 Å². The Labute approximate surface area is 135 Å². The molecule has 1 heterocycles. The molecule has 1 N–H and O–H groups in total. The summed E-state index contributed by atoms with van der Waals surface area (Å²) in [6, 6.07) is 7.30. The highest BCUT2D eigenvalue weighted by molar-refractivity contribution is 9.10. The van der Waals surface area contributed by atoms with Crippen LogP contribution in [0.1, 0.15) is 5.56 Å². The van der Waals surface area contributed by atoms with E-state index >= 15 is 0 Å². The molecule has 0 saturated heterocycles. The lowest BCUT2D eigenvalue weighted by atomic mass is 10.1. The molecule has 2 aromatic rings. The van der Waals surface area contributed by atoms with Gasteiger partial charge in [0.2, 0.25) is 0 Å². The average Bonchev–Trinajstić information content (AvgIpc) is 2.34. The van der Waals surface area contributed by atoms with Crippen molar-refractivity contribution in [2.75, 3.05) is 11.9 Å². The fourth-order valence-electron chi connectivity index (χ4n) is 1.58. The van der Waals surface area contributed by atoms with E-state index in [0.717, 1.165) is 22.3 Å². The second-order valence-corrected chi connectivity index (χ2v) is 6.03. The Morgan fingerprint density at radius 3 is 2.58 bits per heavy atom. The predicted molar refractivity (Wildman–Crippen MR) is 85.6 cm³/mol. The summed E-state index contributed by atoms with van der Waals surface area (Å²) in [5.41, 5.74) is 1.05. The second-order valence-electron chi connectivity index (χ2n) is 3.90. The number of hydrogen-bond donors (Lipinski definition) is 1. The third kappa shape index (κ3) is 4.25. The summed E-state index contributed by atoms with van der Waals surface area (Å²) >= 11 is 21.2. The van der Waals surface area contributed by atoms with Gasteiger partial charge in [-0.05, 0) is 46.1 Å². The summed E-state index contributed by atoms with van der Waals surface area (Å²) in [5, 5.41) is 5.14. The number of aromatic nitrogens is 1. The third-order valence-corrected chi connectivity index (χ3v) is 3.91. The molecule has 0 saturated carbocycles. The van der Waals surface area contributed by atoms with Crippen LogP contribution in [0.25, 0.3) is 0 Å². The van der Waals surface area contributed by atoms with Crippen LogP contribution in [0, 0.1) is 0 Å². The van der Waals surface area contributed by atoms with Crippen LogP contribution in [0.5, 0.6) is 0 Å². The molecule has 0 unspecified atom stereocenters. The van der Waals surface area contributed by atoms with Crippen molar-refractivity contribution in [1.29, 1.82) is 0 Å². The van der Waals surface area contributed by atoms with Crippen molar-refractivity contribution in [1.82, 2.24) is 4.98 Å². The van der Waals surface area contributed by atoms with Crippen LogP contribution >= 0.6 is 50.7 Å². The lowest BCUT2D eigenvalue weighted by molar-refractivity contribution is 1.00. The summed E-state index contributed by atoms with van der Waals surface area (Å²) in [4.78, 5) is 4.20. The van der Waals surface area contributed by atoms with Gasteiger partial charge in [0, 0.05) is 22.8 Å². The first-order chi connectivity index (χ1) is 9.06. The Morgan fingerprint density at radius 2 is 1.89 bits per heavy atom. The highest BCUT2D eigenvalue weighted by Crippen LogP contribution is 2.24. The number of nitrogens with zero attached hydrogens (tertiary/aromatic N) is 1. The van der Waals surface area contributed by atoms with Crippen molar-refractivity contribution in [2.24, 2.45) is 0 Å². The number of anilines is 1. The normalized spacial score (nSPS) is 10.5. The van der Waals surface area contributed by atoms with Crippen LogP contribution in [0.2, 0.25) is 15.1 Å². The monoisotopic (exact) mass is 378 g/mol. The van der Waals surface area contributed by atoms with Gasteiger partial charge in [-0.1, -0.05) is 40.9 Å². The molecular weight excluding hydrogens is 370 g/mol. The van der Waals surface area contributed by atoms with Gasteiger partial charge in [-0.15, -0.1) is 0 Å². The number of halogens is 4. The highest BCUT2D eigenvalue weighted by Gasteiger charge is 2.04. The molecule has 100 valence electrons. The Hall–Kier alpha value is -0.480. The van der Waals surface area contributed by atoms with Gasteiger partial charge < -0.3 is 5.32 Å². The number of benzene rings is 1. The molecule has 0 aliphatic heterocycles. The standard InChI is InChI=1S/C13H10BrCl3N2/c14-11-5-10(16)7-19-13(11)18-4-3-8-1-2-9(15)6-12(8)17/h1-2,5-7H,3-4H2,(H,18,19). The molecular formula is C13H10BrCl3N2. The number of pyridine rings is 1. The van der Waals surface area contributed by atoms with E-state index in [1.807, 2.05) is 12.1 Å². The molecule has 0 atom stereocenters. The largest absolute Gasteiger partial charge is 0.369 e. The maximum atomic E-state index is 6.11. The Morgan fingerprint density at radius 1 is 1.11 bits per heavy atom. The number of nitrogens with one attached hydrogen (secondary N) is 1. The first-order valence-electron chi connectivity index (χ1n) is 5.55. The van der Waals surface area contributed by atoms with Crippen LogP contribution in [-0.2, 0) is 6.42 Å². The lowest BCUT2D eigenvalue weighted by Gasteiger charge is -2.09. The minimum absolute atomic E-state index is 0.596. The van der Waals surface area contributed by atoms with Crippen LogP contribution in [0.3, 0.4) is 0 Å². The molecule has 0 aliphatic carbocycles. The number of rotatable bonds is 4. The maximum Gasteiger partial charge on any atom is 0.140 e. The Balaban J connectivity index is 1.96. The summed E-state index contributed by atoms with van der Waals surface area (Å²) in [7, 11) is 0. The molecule has 19 heavy (non-hydrogen) atoms. The van der Waals surface area contributed by atoms with Crippen molar-refractivity contribution < 1.29 is 0 Å². The van der Waals surface area contributed by atoms with Gasteiger partial charge in [0.05, 0.1) is 9.50 Å². The van der Waals surface area contributed by atoms with Gasteiger partial charge in [-0.25, -0.2) is 4.98 Å². The van der Waals surface area contributed by atoms with Crippen molar-refractivity contribution in [3.05, 3.63) is 55.6 Å². The molecule has 0 radical (unpaired) electrons. The summed E-state index contributed by atoms with van der Waals surface area (Å²) in [6.45, 7) is 0.717. The molecule has 2 nitrogen and oxygen atoms in total. The van der Waals surface area contributed by atoms with Crippen molar-refractivity contribution in [3.63, 3.8) is 0 Å². The molecule has 2 rings (SSSR count). The van der Waals surface area contributed by atoms with Crippen LogP contribution in [0.15, 0.2) is 34.9 Å². The summed E-state index contributed by atoms with van der Waals surface area (Å²) in [6.07, 6.45) is 2.39. The lowest BCUT2D eigenvalue weighted by Crippen LogP contribution is -2.07. The molecule has 1 aromatic carbocycles. The third-order valence-electron chi connectivity index (χ3n) is 2.51. The van der Waals surface area contributed by atoms with Crippen LogP contribution in [-0.4, -0.2) is 11.5 Å². The predicted octanol–water partition coefficient (Wildman–Crippen LogP) is 5.46. The average molecular weight is 380 g/mol. The van der Waals surface area contributed by atoms with E-state index in [9.17, 15) is 0 Å². The van der Waals surface area contributed by atoms with E-state index in [1.165, 1.54) is 0 Å². The SMILES string of the molecule is Clc1ccc(CCNc2ncc(Cl)cc2Br)c(Cl)c1. The molecule has 1 aromatic heterocycles. The first-order valence-corrected chi connectivity index (χ1v) is 7.48. The Kier molecular flexibility index (Phi) is 5.34. The fraction of sp³-hybridized carbons (Fsp3) is 0.154. The fourth-order valence-corrected chi connectivity index (χ4v) is 2.87. The van der Waals surface area contributed by atoms with E-state index in [-0.39, 0.29) is 0 Å². The molecule has 0 amide bonds. The summed E-state index contributed by atoms with van der Waals surface area (Å²) < 4.78 is 0.835. The van der Waals surface area contributed by atoms with Gasteiger partial charge >= 0.3 is 0 Å². The zero-order valence-corrected chi connectivity index (χ0v) is 13.6. The minimum Gasteiger partial charge on any atom is -0.369 e. The molecule has 0 bridgehead atoms.